The number of fused-ring (bicyclic) bond motifs is 2. The lowest BCUT2D eigenvalue weighted by Crippen LogP contribution is -2.49. The van der Waals surface area contributed by atoms with Crippen LogP contribution in [0.2, 0.25) is 0 Å². The van der Waals surface area contributed by atoms with Crippen LogP contribution < -0.4 is 4.74 Å². The Morgan fingerprint density at radius 3 is 2.62 bits per heavy atom. The van der Waals surface area contributed by atoms with Crippen LogP contribution in [0.15, 0.2) is 48.7 Å². The predicted octanol–water partition coefficient (Wildman–Crippen LogP) is 5.90. The summed E-state index contributed by atoms with van der Waals surface area (Å²) in [6.45, 7) is 3.53. The summed E-state index contributed by atoms with van der Waals surface area (Å²) in [6.07, 6.45) is -3.84. The molecule has 1 aliphatic rings. The lowest BCUT2D eigenvalue weighted by atomic mass is 9.72. The van der Waals surface area contributed by atoms with Gasteiger partial charge in [0.25, 0.3) is 0 Å². The third-order valence-electron chi connectivity index (χ3n) is 6.28. The van der Waals surface area contributed by atoms with Crippen molar-refractivity contribution in [3.63, 3.8) is 0 Å². The number of aromatic nitrogens is 1. The minimum Gasteiger partial charge on any atom is -0.493 e. The van der Waals surface area contributed by atoms with Crippen LogP contribution >= 0.6 is 0 Å². The highest BCUT2D eigenvalue weighted by atomic mass is 19.4. The molecule has 0 saturated heterocycles. The van der Waals surface area contributed by atoms with E-state index in [4.69, 9.17) is 4.74 Å². The van der Waals surface area contributed by atoms with Crippen molar-refractivity contribution in [2.75, 3.05) is 6.61 Å². The monoisotopic (exact) mass is 447 g/mol. The predicted molar refractivity (Wildman–Crippen MR) is 114 cm³/mol. The molecule has 1 N–H and O–H groups in total. The zero-order valence-corrected chi connectivity index (χ0v) is 18.0. The largest absolute Gasteiger partial charge is 0.493 e. The number of rotatable bonds is 6. The van der Waals surface area contributed by atoms with Gasteiger partial charge in [0.15, 0.2) is 5.60 Å². The second-order valence-corrected chi connectivity index (χ2v) is 9.12. The standard InChI is InChI=1S/C25H25F4NO2/c1-23(2,20-14-18(26)13-17-9-12-32-22(17)20)15-24(31,25(27,28)29)10-8-16-5-3-7-21-19(16)6-4-11-30-21/h3-7,11,13-14,31H,8-10,12,15H2,1-2H3. The molecule has 0 aliphatic carbocycles. The van der Waals surface area contributed by atoms with Gasteiger partial charge in [-0.25, -0.2) is 4.39 Å². The first kappa shape index (κ1) is 22.5. The van der Waals surface area contributed by atoms with Crippen molar-refractivity contribution in [1.82, 2.24) is 4.98 Å². The van der Waals surface area contributed by atoms with Gasteiger partial charge in [0.05, 0.1) is 12.1 Å². The molecule has 3 nitrogen and oxygen atoms in total. The van der Waals surface area contributed by atoms with Crippen molar-refractivity contribution in [3.05, 3.63) is 71.2 Å². The Bertz CT molecular complexity index is 1140. The van der Waals surface area contributed by atoms with Crippen molar-refractivity contribution in [3.8, 4) is 5.75 Å². The van der Waals surface area contributed by atoms with Crippen molar-refractivity contribution in [1.29, 1.82) is 0 Å². The van der Waals surface area contributed by atoms with Gasteiger partial charge in [-0.15, -0.1) is 0 Å². The normalized spacial score (nSPS) is 16.0. The molecule has 2 aromatic carbocycles. The van der Waals surface area contributed by atoms with Crippen LogP contribution in [0.4, 0.5) is 17.6 Å². The van der Waals surface area contributed by atoms with Gasteiger partial charge in [0, 0.05) is 29.1 Å². The third-order valence-corrected chi connectivity index (χ3v) is 6.28. The molecule has 0 spiro atoms. The molecule has 0 saturated carbocycles. The Hall–Kier alpha value is -2.67. The van der Waals surface area contributed by atoms with Crippen molar-refractivity contribution < 1.29 is 27.4 Å². The van der Waals surface area contributed by atoms with Crippen LogP contribution in [-0.2, 0) is 18.3 Å². The molecular formula is C25H25F4NO2. The molecule has 0 fully saturated rings. The minimum absolute atomic E-state index is 0.0207. The number of hydrogen-bond acceptors (Lipinski definition) is 3. The molecule has 1 aromatic heterocycles. The number of aliphatic hydroxyl groups is 1. The van der Waals surface area contributed by atoms with Gasteiger partial charge in [-0.2, -0.15) is 13.2 Å². The lowest BCUT2D eigenvalue weighted by Gasteiger charge is -2.38. The summed E-state index contributed by atoms with van der Waals surface area (Å²) in [4.78, 5) is 4.24. The van der Waals surface area contributed by atoms with Crippen molar-refractivity contribution in [2.24, 2.45) is 0 Å². The van der Waals surface area contributed by atoms with E-state index in [0.717, 1.165) is 5.39 Å². The molecule has 1 unspecified atom stereocenters. The number of pyridine rings is 1. The van der Waals surface area contributed by atoms with E-state index in [1.54, 1.807) is 44.3 Å². The van der Waals surface area contributed by atoms with Gasteiger partial charge in [-0.3, -0.25) is 4.98 Å². The number of hydrogen-bond donors (Lipinski definition) is 1. The van der Waals surface area contributed by atoms with Gasteiger partial charge in [0.1, 0.15) is 11.6 Å². The van der Waals surface area contributed by atoms with E-state index in [1.807, 2.05) is 6.07 Å². The molecule has 0 bridgehead atoms. The van der Waals surface area contributed by atoms with E-state index in [1.165, 1.54) is 12.1 Å². The summed E-state index contributed by atoms with van der Waals surface area (Å²) >= 11 is 0. The quantitative estimate of drug-likeness (QED) is 0.478. The smallest absolute Gasteiger partial charge is 0.417 e. The zero-order chi connectivity index (χ0) is 23.1. The van der Waals surface area contributed by atoms with Gasteiger partial charge in [-0.05, 0) is 54.5 Å². The molecule has 170 valence electrons. The highest BCUT2D eigenvalue weighted by molar-refractivity contribution is 5.81. The molecule has 32 heavy (non-hydrogen) atoms. The van der Waals surface area contributed by atoms with Gasteiger partial charge >= 0.3 is 6.18 Å². The number of ether oxygens (including phenoxy) is 1. The Morgan fingerprint density at radius 2 is 1.88 bits per heavy atom. The van der Waals surface area contributed by atoms with Crippen molar-refractivity contribution in [2.45, 2.75) is 56.7 Å². The minimum atomic E-state index is -4.86. The van der Waals surface area contributed by atoms with E-state index in [2.05, 4.69) is 4.98 Å². The van der Waals surface area contributed by atoms with E-state index in [0.29, 0.717) is 41.0 Å². The molecule has 3 aromatic rings. The van der Waals surface area contributed by atoms with Crippen LogP contribution in [0.25, 0.3) is 10.9 Å². The summed E-state index contributed by atoms with van der Waals surface area (Å²) in [7, 11) is 0. The molecule has 1 aliphatic heterocycles. The van der Waals surface area contributed by atoms with Crippen LogP contribution in [0.3, 0.4) is 0 Å². The maximum absolute atomic E-state index is 14.2. The summed E-state index contributed by atoms with van der Waals surface area (Å²) in [5.74, 6) is -0.0859. The fourth-order valence-corrected chi connectivity index (χ4v) is 4.66. The average Bonchev–Trinajstić information content (AvgIpc) is 3.18. The maximum atomic E-state index is 14.2. The first-order valence-corrected chi connectivity index (χ1v) is 10.6. The van der Waals surface area contributed by atoms with Gasteiger partial charge in [-0.1, -0.05) is 32.0 Å². The summed E-state index contributed by atoms with van der Waals surface area (Å²) in [5, 5.41) is 11.7. The second-order valence-electron chi connectivity index (χ2n) is 9.12. The molecule has 4 rings (SSSR count). The topological polar surface area (TPSA) is 42.4 Å². The second kappa shape index (κ2) is 8.03. The van der Waals surface area contributed by atoms with Gasteiger partial charge in [0.2, 0.25) is 0 Å². The molecule has 2 heterocycles. The number of benzene rings is 2. The molecule has 0 amide bonds. The summed E-state index contributed by atoms with van der Waals surface area (Å²) < 4.78 is 62.3. The SMILES string of the molecule is CC(C)(CC(O)(CCc1cccc2ncccc12)C(F)(F)F)c1cc(F)cc2c1OCC2. The molecule has 1 atom stereocenters. The van der Waals surface area contributed by atoms with Crippen molar-refractivity contribution >= 4 is 10.9 Å². The number of alkyl halides is 3. The number of halogens is 4. The Morgan fingerprint density at radius 1 is 1.09 bits per heavy atom. The van der Waals surface area contributed by atoms with Crippen LogP contribution in [0.1, 0.15) is 43.4 Å². The Labute approximate surface area is 184 Å². The molecule has 0 radical (unpaired) electrons. The molecule has 7 heteroatoms. The van der Waals surface area contributed by atoms with E-state index in [-0.39, 0.29) is 6.42 Å². The third kappa shape index (κ3) is 4.18. The van der Waals surface area contributed by atoms with Crippen LogP contribution in [0, 0.1) is 5.82 Å². The lowest BCUT2D eigenvalue weighted by molar-refractivity contribution is -0.269. The summed E-state index contributed by atoms with van der Waals surface area (Å²) in [5.41, 5.74) is -1.77. The number of aryl methyl sites for hydroxylation is 1. The Balaban J connectivity index is 1.65. The fourth-order valence-electron chi connectivity index (χ4n) is 4.66. The first-order valence-electron chi connectivity index (χ1n) is 10.6. The maximum Gasteiger partial charge on any atom is 0.417 e. The van der Waals surface area contributed by atoms with E-state index >= 15 is 0 Å². The molecular weight excluding hydrogens is 422 g/mol. The highest BCUT2D eigenvalue weighted by Gasteiger charge is 2.55. The fraction of sp³-hybridized carbons (Fsp3) is 0.400. The average molecular weight is 447 g/mol. The highest BCUT2D eigenvalue weighted by Crippen LogP contribution is 2.47. The van der Waals surface area contributed by atoms with Crippen LogP contribution in [0.5, 0.6) is 5.75 Å². The summed E-state index contributed by atoms with van der Waals surface area (Å²) in [6, 6.07) is 11.4. The zero-order valence-electron chi connectivity index (χ0n) is 18.0. The van der Waals surface area contributed by atoms with E-state index in [9.17, 15) is 22.7 Å². The van der Waals surface area contributed by atoms with E-state index < -0.39 is 35.9 Å². The number of nitrogens with zero attached hydrogens (tertiary/aromatic N) is 1. The first-order chi connectivity index (χ1) is 15.0. The van der Waals surface area contributed by atoms with Crippen LogP contribution in [-0.4, -0.2) is 28.5 Å². The van der Waals surface area contributed by atoms with Gasteiger partial charge < -0.3 is 9.84 Å². The Kier molecular flexibility index (Phi) is 5.65.